The zero-order valence-corrected chi connectivity index (χ0v) is 17.9. The molecule has 0 radical (unpaired) electrons. The normalized spacial score (nSPS) is 10.4. The van der Waals surface area contributed by atoms with Gasteiger partial charge in [0.15, 0.2) is 0 Å². The zero-order valence-electron chi connectivity index (χ0n) is 15.5. The Labute approximate surface area is 186 Å². The number of rotatable bonds is 5. The van der Waals surface area contributed by atoms with Gasteiger partial charge < -0.3 is 15.4 Å². The third-order valence-electron chi connectivity index (χ3n) is 3.87. The van der Waals surface area contributed by atoms with Crippen LogP contribution in [0.5, 0.6) is 0 Å². The van der Waals surface area contributed by atoms with E-state index >= 15 is 0 Å². The summed E-state index contributed by atoms with van der Waals surface area (Å²) in [5.41, 5.74) is 1.09. The van der Waals surface area contributed by atoms with E-state index in [4.69, 9.17) is 27.9 Å². The molecule has 154 valence electrons. The van der Waals surface area contributed by atoms with Crippen molar-refractivity contribution in [3.63, 3.8) is 0 Å². The van der Waals surface area contributed by atoms with Gasteiger partial charge in [0.1, 0.15) is 5.82 Å². The van der Waals surface area contributed by atoms with E-state index in [1.165, 1.54) is 43.1 Å². The van der Waals surface area contributed by atoms with Crippen molar-refractivity contribution >= 4 is 58.3 Å². The van der Waals surface area contributed by atoms with Crippen LogP contribution in [-0.2, 0) is 4.74 Å². The topological polar surface area (TPSA) is 67.4 Å². The molecule has 3 aromatic carbocycles. The van der Waals surface area contributed by atoms with E-state index in [9.17, 15) is 14.0 Å². The van der Waals surface area contributed by atoms with Crippen LogP contribution in [0, 0.1) is 5.82 Å². The Morgan fingerprint density at radius 1 is 0.933 bits per heavy atom. The highest BCUT2D eigenvalue weighted by Gasteiger charge is 2.14. The van der Waals surface area contributed by atoms with Gasteiger partial charge in [0.05, 0.1) is 28.4 Å². The van der Waals surface area contributed by atoms with Crippen molar-refractivity contribution in [2.75, 3.05) is 17.7 Å². The number of esters is 1. The molecule has 0 atom stereocenters. The number of anilines is 2. The second kappa shape index (κ2) is 9.84. The summed E-state index contributed by atoms with van der Waals surface area (Å²) in [5.74, 6) is -0.888. The first kappa shape index (κ1) is 22.0. The Hall–Kier alpha value is -2.74. The molecule has 0 heterocycles. The lowest BCUT2D eigenvalue weighted by molar-refractivity contribution is 0.0600. The monoisotopic (exact) mass is 464 g/mol. The third kappa shape index (κ3) is 5.66. The van der Waals surface area contributed by atoms with Crippen LogP contribution in [0.3, 0.4) is 0 Å². The number of amides is 2. The first-order valence-corrected chi connectivity index (χ1v) is 10.1. The van der Waals surface area contributed by atoms with Gasteiger partial charge >= 0.3 is 12.0 Å². The van der Waals surface area contributed by atoms with Crippen molar-refractivity contribution in [2.45, 2.75) is 9.79 Å². The number of hydrogen-bond acceptors (Lipinski definition) is 4. The Bertz CT molecular complexity index is 1090. The Balaban J connectivity index is 1.85. The summed E-state index contributed by atoms with van der Waals surface area (Å²) in [6, 6.07) is 14.8. The van der Waals surface area contributed by atoms with E-state index in [-0.39, 0.29) is 11.4 Å². The first-order valence-electron chi connectivity index (χ1n) is 8.54. The lowest BCUT2D eigenvalue weighted by atomic mass is 10.2. The van der Waals surface area contributed by atoms with Crippen LogP contribution in [0.2, 0.25) is 10.0 Å². The van der Waals surface area contributed by atoms with Crippen LogP contribution < -0.4 is 10.6 Å². The highest BCUT2D eigenvalue weighted by atomic mass is 35.5. The average molecular weight is 465 g/mol. The van der Waals surface area contributed by atoms with E-state index in [2.05, 4.69) is 10.6 Å². The summed E-state index contributed by atoms with van der Waals surface area (Å²) in [6.45, 7) is 0. The molecule has 0 saturated heterocycles. The van der Waals surface area contributed by atoms with Gasteiger partial charge in [0.25, 0.3) is 0 Å². The van der Waals surface area contributed by atoms with Crippen molar-refractivity contribution in [2.24, 2.45) is 0 Å². The number of carbonyl (C=O) groups is 2. The van der Waals surface area contributed by atoms with Crippen molar-refractivity contribution in [3.05, 3.63) is 82.1 Å². The van der Waals surface area contributed by atoms with Crippen LogP contribution in [0.4, 0.5) is 20.6 Å². The van der Waals surface area contributed by atoms with Crippen LogP contribution in [0.1, 0.15) is 10.4 Å². The fraction of sp³-hybridized carbons (Fsp3) is 0.0476. The SMILES string of the molecule is COC(=O)c1ccc(Sc2ccc(F)cc2)c(NC(=O)Nc2ccc(Cl)c(Cl)c2)c1. The fourth-order valence-electron chi connectivity index (χ4n) is 2.45. The summed E-state index contributed by atoms with van der Waals surface area (Å²) in [5, 5.41) is 6.03. The number of nitrogens with one attached hydrogen (secondary N) is 2. The first-order chi connectivity index (χ1) is 14.4. The van der Waals surface area contributed by atoms with Crippen molar-refractivity contribution < 1.29 is 18.7 Å². The molecule has 0 bridgehead atoms. The number of carbonyl (C=O) groups excluding carboxylic acids is 2. The second-order valence-electron chi connectivity index (χ2n) is 5.97. The predicted octanol–water partition coefficient (Wildman–Crippen LogP) is 6.71. The molecule has 2 amide bonds. The minimum atomic E-state index is -0.545. The zero-order chi connectivity index (χ0) is 21.7. The van der Waals surface area contributed by atoms with Crippen LogP contribution in [0.25, 0.3) is 0 Å². The lowest BCUT2D eigenvalue weighted by Crippen LogP contribution is -2.20. The number of urea groups is 1. The molecule has 0 spiro atoms. The van der Waals surface area contributed by atoms with E-state index in [1.54, 1.807) is 36.4 Å². The van der Waals surface area contributed by atoms with Crippen molar-refractivity contribution in [1.29, 1.82) is 0 Å². The molecule has 0 aromatic heterocycles. The summed E-state index contributed by atoms with van der Waals surface area (Å²) in [6.07, 6.45) is 0. The van der Waals surface area contributed by atoms with Gasteiger partial charge in [0, 0.05) is 15.5 Å². The van der Waals surface area contributed by atoms with Gasteiger partial charge in [-0.05, 0) is 60.7 Å². The highest BCUT2D eigenvalue weighted by Crippen LogP contribution is 2.34. The van der Waals surface area contributed by atoms with Crippen LogP contribution in [-0.4, -0.2) is 19.1 Å². The minimum Gasteiger partial charge on any atom is -0.465 e. The van der Waals surface area contributed by atoms with E-state index in [0.29, 0.717) is 26.3 Å². The standard InChI is InChI=1S/C21H15Cl2FN2O3S/c1-29-20(27)12-2-9-19(30-15-6-3-13(24)4-7-15)18(10-12)26-21(28)25-14-5-8-16(22)17(23)11-14/h2-11H,1H3,(H2,25,26,28). The summed E-state index contributed by atoms with van der Waals surface area (Å²) >= 11 is 13.2. The highest BCUT2D eigenvalue weighted by molar-refractivity contribution is 7.99. The number of ether oxygens (including phenoxy) is 1. The number of halogens is 3. The van der Waals surface area contributed by atoms with Gasteiger partial charge in [-0.1, -0.05) is 35.0 Å². The maximum Gasteiger partial charge on any atom is 0.337 e. The average Bonchev–Trinajstić information content (AvgIpc) is 2.73. The Kier molecular flexibility index (Phi) is 7.20. The van der Waals surface area contributed by atoms with Gasteiger partial charge in [-0.2, -0.15) is 0 Å². The molecular formula is C21H15Cl2FN2O3S. The Morgan fingerprint density at radius 2 is 1.67 bits per heavy atom. The molecule has 30 heavy (non-hydrogen) atoms. The van der Waals surface area contributed by atoms with E-state index < -0.39 is 12.0 Å². The summed E-state index contributed by atoms with van der Waals surface area (Å²) in [4.78, 5) is 25.8. The summed E-state index contributed by atoms with van der Waals surface area (Å²) in [7, 11) is 1.27. The molecule has 0 unspecified atom stereocenters. The maximum absolute atomic E-state index is 13.2. The molecule has 3 rings (SSSR count). The molecule has 0 aliphatic heterocycles. The van der Waals surface area contributed by atoms with Crippen LogP contribution in [0.15, 0.2) is 70.5 Å². The van der Waals surface area contributed by atoms with Gasteiger partial charge in [-0.25, -0.2) is 14.0 Å². The number of hydrogen-bond donors (Lipinski definition) is 2. The van der Waals surface area contributed by atoms with E-state index in [1.807, 2.05) is 0 Å². The maximum atomic E-state index is 13.2. The van der Waals surface area contributed by atoms with Crippen molar-refractivity contribution in [1.82, 2.24) is 0 Å². The van der Waals surface area contributed by atoms with Gasteiger partial charge in [0.2, 0.25) is 0 Å². The third-order valence-corrected chi connectivity index (χ3v) is 5.69. The van der Waals surface area contributed by atoms with Gasteiger partial charge in [-0.3, -0.25) is 0 Å². The number of methoxy groups -OCH3 is 1. The quantitative estimate of drug-likeness (QED) is 0.411. The molecule has 0 aliphatic carbocycles. The molecule has 0 aliphatic rings. The second-order valence-corrected chi connectivity index (χ2v) is 7.90. The smallest absolute Gasteiger partial charge is 0.337 e. The molecular weight excluding hydrogens is 450 g/mol. The fourth-order valence-corrected chi connectivity index (χ4v) is 3.63. The number of benzene rings is 3. The predicted molar refractivity (Wildman–Crippen MR) is 117 cm³/mol. The minimum absolute atomic E-state index is 0.269. The molecule has 3 aromatic rings. The summed E-state index contributed by atoms with van der Waals surface area (Å²) < 4.78 is 17.9. The molecule has 0 fully saturated rings. The Morgan fingerprint density at radius 3 is 2.33 bits per heavy atom. The molecule has 2 N–H and O–H groups in total. The van der Waals surface area contributed by atoms with Crippen molar-refractivity contribution in [3.8, 4) is 0 Å². The molecule has 0 saturated carbocycles. The molecule has 5 nitrogen and oxygen atoms in total. The lowest BCUT2D eigenvalue weighted by Gasteiger charge is -2.13. The van der Waals surface area contributed by atoms with Crippen LogP contribution >= 0.6 is 35.0 Å². The van der Waals surface area contributed by atoms with E-state index in [0.717, 1.165) is 4.90 Å². The largest absolute Gasteiger partial charge is 0.465 e. The van der Waals surface area contributed by atoms with Gasteiger partial charge in [-0.15, -0.1) is 0 Å². The molecule has 9 heteroatoms.